The molecule has 8 heteroatoms. The standard InChI is InChI=1S/C19H28N2O5S/c1-3-21(14-13-18(22)23)19(24)15-9-11-17(12-10-15)27(25,26)20(2)16-7-5-4-6-8-16/h9-12,16H,3-8,13-14H2,1-2H3,(H,22,23). The van der Waals surface area contributed by atoms with E-state index in [1.54, 1.807) is 14.0 Å². The number of carbonyl (C=O) groups is 2. The molecule has 1 aliphatic rings. The first-order valence-corrected chi connectivity index (χ1v) is 10.8. The van der Waals surface area contributed by atoms with Gasteiger partial charge in [-0.3, -0.25) is 9.59 Å². The summed E-state index contributed by atoms with van der Waals surface area (Å²) in [5.41, 5.74) is 0.349. The third kappa shape index (κ3) is 5.29. The Bertz CT molecular complexity index is 755. The van der Waals surface area contributed by atoms with E-state index in [0.29, 0.717) is 12.1 Å². The summed E-state index contributed by atoms with van der Waals surface area (Å²) in [5.74, 6) is -1.27. The minimum absolute atomic E-state index is 0.0247. The highest BCUT2D eigenvalue weighted by Gasteiger charge is 2.29. The van der Waals surface area contributed by atoms with Crippen LogP contribution in [0.5, 0.6) is 0 Å². The fraction of sp³-hybridized carbons (Fsp3) is 0.579. The van der Waals surface area contributed by atoms with Crippen molar-refractivity contribution in [1.29, 1.82) is 0 Å². The zero-order valence-corrected chi connectivity index (χ0v) is 16.7. The van der Waals surface area contributed by atoms with Crippen LogP contribution in [0.2, 0.25) is 0 Å². The number of sulfonamides is 1. The van der Waals surface area contributed by atoms with Crippen molar-refractivity contribution in [1.82, 2.24) is 9.21 Å². The van der Waals surface area contributed by atoms with Crippen molar-refractivity contribution in [3.8, 4) is 0 Å². The van der Waals surface area contributed by atoms with Gasteiger partial charge in [0.15, 0.2) is 0 Å². The van der Waals surface area contributed by atoms with E-state index in [1.807, 2.05) is 0 Å². The van der Waals surface area contributed by atoms with Gasteiger partial charge in [0.05, 0.1) is 11.3 Å². The summed E-state index contributed by atoms with van der Waals surface area (Å²) in [5, 5.41) is 8.79. The van der Waals surface area contributed by atoms with Crippen molar-refractivity contribution in [2.24, 2.45) is 0 Å². The molecular weight excluding hydrogens is 368 g/mol. The predicted octanol–water partition coefficient (Wildman–Crippen LogP) is 2.58. The zero-order valence-electron chi connectivity index (χ0n) is 15.9. The van der Waals surface area contributed by atoms with E-state index in [2.05, 4.69) is 0 Å². The van der Waals surface area contributed by atoms with Crippen LogP contribution in [0.25, 0.3) is 0 Å². The monoisotopic (exact) mass is 396 g/mol. The van der Waals surface area contributed by atoms with Crippen LogP contribution in [-0.4, -0.2) is 60.8 Å². The lowest BCUT2D eigenvalue weighted by Gasteiger charge is -2.30. The van der Waals surface area contributed by atoms with Gasteiger partial charge in [-0.1, -0.05) is 19.3 Å². The molecule has 0 heterocycles. The molecule has 1 saturated carbocycles. The minimum atomic E-state index is -3.60. The van der Waals surface area contributed by atoms with Crippen molar-refractivity contribution in [3.63, 3.8) is 0 Å². The van der Waals surface area contributed by atoms with Gasteiger partial charge < -0.3 is 10.0 Å². The summed E-state index contributed by atoms with van der Waals surface area (Å²) in [4.78, 5) is 24.8. The topological polar surface area (TPSA) is 95.0 Å². The van der Waals surface area contributed by atoms with Gasteiger partial charge in [0.2, 0.25) is 10.0 Å². The molecule has 1 fully saturated rings. The molecule has 0 aliphatic heterocycles. The Labute approximate surface area is 161 Å². The Morgan fingerprint density at radius 2 is 1.70 bits per heavy atom. The summed E-state index contributed by atoms with van der Waals surface area (Å²) >= 11 is 0. The second-order valence-electron chi connectivity index (χ2n) is 6.87. The highest BCUT2D eigenvalue weighted by molar-refractivity contribution is 7.89. The molecule has 1 amide bonds. The van der Waals surface area contributed by atoms with Gasteiger partial charge in [0.1, 0.15) is 0 Å². The third-order valence-electron chi connectivity index (χ3n) is 5.13. The highest BCUT2D eigenvalue weighted by Crippen LogP contribution is 2.26. The predicted molar refractivity (Wildman–Crippen MR) is 102 cm³/mol. The molecule has 0 radical (unpaired) electrons. The van der Waals surface area contributed by atoms with Gasteiger partial charge in [-0.15, -0.1) is 0 Å². The number of aliphatic carboxylic acids is 1. The Morgan fingerprint density at radius 3 is 2.22 bits per heavy atom. The number of nitrogens with zero attached hydrogens (tertiary/aromatic N) is 2. The fourth-order valence-corrected chi connectivity index (χ4v) is 4.81. The Morgan fingerprint density at radius 1 is 1.11 bits per heavy atom. The number of amides is 1. The van der Waals surface area contributed by atoms with Gasteiger partial charge in [0, 0.05) is 31.7 Å². The number of rotatable bonds is 8. The molecule has 150 valence electrons. The average molecular weight is 397 g/mol. The maximum atomic E-state index is 12.8. The van der Waals surface area contributed by atoms with Gasteiger partial charge in [-0.05, 0) is 44.0 Å². The van der Waals surface area contributed by atoms with Crippen molar-refractivity contribution in [2.45, 2.75) is 56.4 Å². The molecule has 7 nitrogen and oxygen atoms in total. The van der Waals surface area contributed by atoms with Crippen LogP contribution in [-0.2, 0) is 14.8 Å². The smallest absolute Gasteiger partial charge is 0.305 e. The molecule has 1 aromatic rings. The Hall–Kier alpha value is -1.93. The summed E-state index contributed by atoms with van der Waals surface area (Å²) in [7, 11) is -1.98. The normalized spacial score (nSPS) is 15.7. The van der Waals surface area contributed by atoms with Crippen LogP contribution in [0.3, 0.4) is 0 Å². The minimum Gasteiger partial charge on any atom is -0.481 e. The van der Waals surface area contributed by atoms with E-state index in [-0.39, 0.29) is 29.8 Å². The number of carboxylic acids is 1. The molecule has 0 saturated heterocycles. The second kappa shape index (κ2) is 9.32. The zero-order chi connectivity index (χ0) is 20.0. The maximum Gasteiger partial charge on any atom is 0.305 e. The highest BCUT2D eigenvalue weighted by atomic mass is 32.2. The number of benzene rings is 1. The fourth-order valence-electron chi connectivity index (χ4n) is 3.39. The summed E-state index contributed by atoms with van der Waals surface area (Å²) in [6.07, 6.45) is 4.86. The van der Waals surface area contributed by atoms with E-state index in [0.717, 1.165) is 32.1 Å². The molecule has 2 rings (SSSR count). The molecule has 1 aliphatic carbocycles. The van der Waals surface area contributed by atoms with E-state index in [4.69, 9.17) is 5.11 Å². The van der Waals surface area contributed by atoms with Crippen molar-refractivity contribution >= 4 is 21.9 Å². The summed E-state index contributed by atoms with van der Waals surface area (Å²) in [6, 6.07) is 5.91. The number of hydrogen-bond donors (Lipinski definition) is 1. The van der Waals surface area contributed by atoms with Crippen LogP contribution >= 0.6 is 0 Å². The van der Waals surface area contributed by atoms with Crippen LogP contribution in [0.15, 0.2) is 29.2 Å². The van der Waals surface area contributed by atoms with Gasteiger partial charge in [-0.2, -0.15) is 4.31 Å². The quantitative estimate of drug-likeness (QED) is 0.729. The van der Waals surface area contributed by atoms with Gasteiger partial charge in [-0.25, -0.2) is 8.42 Å². The number of carboxylic acid groups (broad SMARTS) is 1. The van der Waals surface area contributed by atoms with E-state index < -0.39 is 16.0 Å². The summed E-state index contributed by atoms with van der Waals surface area (Å²) in [6.45, 7) is 2.28. The lowest BCUT2D eigenvalue weighted by molar-refractivity contribution is -0.137. The van der Waals surface area contributed by atoms with E-state index in [1.165, 1.54) is 33.5 Å². The molecule has 0 bridgehead atoms. The largest absolute Gasteiger partial charge is 0.481 e. The van der Waals surface area contributed by atoms with Crippen LogP contribution < -0.4 is 0 Å². The maximum absolute atomic E-state index is 12.8. The second-order valence-corrected chi connectivity index (χ2v) is 8.86. The van der Waals surface area contributed by atoms with Crippen molar-refractivity contribution < 1.29 is 23.1 Å². The molecule has 0 unspecified atom stereocenters. The van der Waals surface area contributed by atoms with Gasteiger partial charge in [0.25, 0.3) is 5.91 Å². The molecular formula is C19H28N2O5S. The first-order chi connectivity index (χ1) is 12.8. The molecule has 0 spiro atoms. The van der Waals surface area contributed by atoms with Crippen LogP contribution in [0, 0.1) is 0 Å². The van der Waals surface area contributed by atoms with E-state index >= 15 is 0 Å². The molecule has 27 heavy (non-hydrogen) atoms. The van der Waals surface area contributed by atoms with E-state index in [9.17, 15) is 18.0 Å². The van der Waals surface area contributed by atoms with Crippen molar-refractivity contribution in [2.75, 3.05) is 20.1 Å². The first kappa shape index (κ1) is 21.4. The lowest BCUT2D eigenvalue weighted by atomic mass is 9.96. The van der Waals surface area contributed by atoms with Crippen LogP contribution in [0.4, 0.5) is 0 Å². The average Bonchev–Trinajstić information content (AvgIpc) is 2.68. The lowest BCUT2D eigenvalue weighted by Crippen LogP contribution is -2.38. The third-order valence-corrected chi connectivity index (χ3v) is 7.06. The Kier molecular flexibility index (Phi) is 7.38. The van der Waals surface area contributed by atoms with Crippen LogP contribution in [0.1, 0.15) is 55.8 Å². The van der Waals surface area contributed by atoms with Crippen molar-refractivity contribution in [3.05, 3.63) is 29.8 Å². The van der Waals surface area contributed by atoms with Gasteiger partial charge >= 0.3 is 5.97 Å². The SMILES string of the molecule is CCN(CCC(=O)O)C(=O)c1ccc(S(=O)(=O)N(C)C2CCCCC2)cc1. The number of hydrogen-bond acceptors (Lipinski definition) is 4. The Balaban J connectivity index is 2.12. The molecule has 0 atom stereocenters. The first-order valence-electron chi connectivity index (χ1n) is 9.36. The number of carbonyl (C=O) groups excluding carboxylic acids is 1. The molecule has 1 aromatic carbocycles. The summed E-state index contributed by atoms with van der Waals surface area (Å²) < 4.78 is 27.1. The molecule has 0 aromatic heterocycles. The molecule has 1 N–H and O–H groups in total.